The van der Waals surface area contributed by atoms with Crippen LogP contribution in [0.3, 0.4) is 0 Å². The Bertz CT molecular complexity index is 914. The SMILES string of the molecule is Cc1ccc(N[C@H](C)C(=O)Nc2ccccc2F)cc1S(=O)(=O)N(C)C. The first kappa shape index (κ1) is 19.9. The smallest absolute Gasteiger partial charge is 0.246 e. The molecule has 0 fully saturated rings. The minimum Gasteiger partial charge on any atom is -0.374 e. The van der Waals surface area contributed by atoms with Gasteiger partial charge in [-0.05, 0) is 43.7 Å². The Morgan fingerprint density at radius 2 is 1.81 bits per heavy atom. The van der Waals surface area contributed by atoms with E-state index < -0.39 is 27.8 Å². The standard InChI is InChI=1S/C18H22FN3O3S/c1-12-9-10-14(11-17(12)26(24,25)22(3)4)20-13(2)18(23)21-16-8-6-5-7-15(16)19/h5-11,13,20H,1-4H3,(H,21,23)/t13-/m1/s1. The molecule has 0 saturated heterocycles. The second kappa shape index (κ2) is 7.84. The quantitative estimate of drug-likeness (QED) is 0.809. The average molecular weight is 379 g/mol. The maximum absolute atomic E-state index is 13.6. The van der Waals surface area contributed by atoms with E-state index in [1.54, 1.807) is 32.0 Å². The molecule has 2 aromatic carbocycles. The van der Waals surface area contributed by atoms with Gasteiger partial charge in [0.1, 0.15) is 11.9 Å². The summed E-state index contributed by atoms with van der Waals surface area (Å²) in [5.74, 6) is -0.963. The van der Waals surface area contributed by atoms with Crippen LogP contribution in [0.5, 0.6) is 0 Å². The number of rotatable bonds is 6. The topological polar surface area (TPSA) is 78.5 Å². The number of amides is 1. The summed E-state index contributed by atoms with van der Waals surface area (Å²) in [6, 6.07) is 10.0. The first-order chi connectivity index (χ1) is 12.1. The molecule has 0 aliphatic carbocycles. The van der Waals surface area contributed by atoms with E-state index in [1.807, 2.05) is 0 Å². The molecule has 0 radical (unpaired) electrons. The Labute approximate surface area is 153 Å². The molecular weight excluding hydrogens is 357 g/mol. The number of hydrogen-bond acceptors (Lipinski definition) is 4. The Morgan fingerprint density at radius 3 is 2.42 bits per heavy atom. The summed E-state index contributed by atoms with van der Waals surface area (Å²) in [6.45, 7) is 3.31. The van der Waals surface area contributed by atoms with Crippen molar-refractivity contribution in [2.75, 3.05) is 24.7 Å². The Morgan fingerprint density at radius 1 is 1.15 bits per heavy atom. The van der Waals surface area contributed by atoms with Crippen LogP contribution in [0, 0.1) is 12.7 Å². The number of nitrogens with zero attached hydrogens (tertiary/aromatic N) is 1. The van der Waals surface area contributed by atoms with Crippen LogP contribution in [-0.2, 0) is 14.8 Å². The molecule has 2 rings (SSSR count). The van der Waals surface area contributed by atoms with Crippen molar-refractivity contribution in [3.05, 3.63) is 53.8 Å². The number of benzene rings is 2. The van der Waals surface area contributed by atoms with Crippen LogP contribution in [-0.4, -0.2) is 38.8 Å². The molecule has 26 heavy (non-hydrogen) atoms. The molecule has 0 heterocycles. The van der Waals surface area contributed by atoms with Crippen LogP contribution >= 0.6 is 0 Å². The number of hydrogen-bond donors (Lipinski definition) is 2. The third-order valence-electron chi connectivity index (χ3n) is 3.85. The first-order valence-electron chi connectivity index (χ1n) is 7.98. The summed E-state index contributed by atoms with van der Waals surface area (Å²) in [5.41, 5.74) is 1.17. The molecular formula is C18H22FN3O3S. The van der Waals surface area contributed by atoms with E-state index in [-0.39, 0.29) is 10.6 Å². The second-order valence-corrected chi connectivity index (χ2v) is 8.22. The summed E-state index contributed by atoms with van der Waals surface area (Å²) in [4.78, 5) is 12.4. The Balaban J connectivity index is 2.18. The number of sulfonamides is 1. The molecule has 2 N–H and O–H groups in total. The molecule has 2 aromatic rings. The predicted molar refractivity (Wildman–Crippen MR) is 100 cm³/mol. The summed E-state index contributed by atoms with van der Waals surface area (Å²) in [6.07, 6.45) is 0. The van der Waals surface area contributed by atoms with Gasteiger partial charge in [-0.1, -0.05) is 18.2 Å². The molecule has 0 spiro atoms. The maximum Gasteiger partial charge on any atom is 0.246 e. The zero-order valence-corrected chi connectivity index (χ0v) is 15.9. The zero-order valence-electron chi connectivity index (χ0n) is 15.1. The van der Waals surface area contributed by atoms with Gasteiger partial charge in [-0.2, -0.15) is 0 Å². The minimum absolute atomic E-state index is 0.0888. The molecule has 0 aliphatic rings. The summed E-state index contributed by atoms with van der Waals surface area (Å²) in [7, 11) is -0.682. The van der Waals surface area contributed by atoms with Crippen molar-refractivity contribution < 1.29 is 17.6 Å². The van der Waals surface area contributed by atoms with Crippen molar-refractivity contribution in [3.8, 4) is 0 Å². The number of carbonyl (C=O) groups is 1. The highest BCUT2D eigenvalue weighted by molar-refractivity contribution is 7.89. The summed E-state index contributed by atoms with van der Waals surface area (Å²) >= 11 is 0. The maximum atomic E-state index is 13.6. The van der Waals surface area contributed by atoms with Gasteiger partial charge in [0, 0.05) is 19.8 Å². The largest absolute Gasteiger partial charge is 0.374 e. The normalized spacial score (nSPS) is 12.7. The molecule has 0 aromatic heterocycles. The second-order valence-electron chi connectivity index (χ2n) is 6.10. The lowest BCUT2D eigenvalue weighted by molar-refractivity contribution is -0.116. The lowest BCUT2D eigenvalue weighted by Gasteiger charge is -2.18. The van der Waals surface area contributed by atoms with Gasteiger partial charge in [0.05, 0.1) is 10.6 Å². The fourth-order valence-electron chi connectivity index (χ4n) is 2.28. The van der Waals surface area contributed by atoms with E-state index in [9.17, 15) is 17.6 Å². The highest BCUT2D eigenvalue weighted by atomic mass is 32.2. The monoisotopic (exact) mass is 379 g/mol. The van der Waals surface area contributed by atoms with Crippen LogP contribution in [0.1, 0.15) is 12.5 Å². The number of aryl methyl sites for hydroxylation is 1. The van der Waals surface area contributed by atoms with Gasteiger partial charge >= 0.3 is 0 Å². The predicted octanol–water partition coefficient (Wildman–Crippen LogP) is 2.82. The summed E-state index contributed by atoms with van der Waals surface area (Å²) < 4.78 is 39.5. The third kappa shape index (κ3) is 4.39. The van der Waals surface area contributed by atoms with Gasteiger partial charge in [-0.3, -0.25) is 4.79 Å². The van der Waals surface area contributed by atoms with Crippen LogP contribution in [0.2, 0.25) is 0 Å². The van der Waals surface area contributed by atoms with Gasteiger partial charge < -0.3 is 10.6 Å². The van der Waals surface area contributed by atoms with E-state index >= 15 is 0 Å². The fourth-order valence-corrected chi connectivity index (χ4v) is 3.43. The van der Waals surface area contributed by atoms with Crippen molar-refractivity contribution >= 4 is 27.3 Å². The first-order valence-corrected chi connectivity index (χ1v) is 9.42. The highest BCUT2D eigenvalue weighted by Crippen LogP contribution is 2.23. The molecule has 140 valence electrons. The molecule has 0 bridgehead atoms. The zero-order chi connectivity index (χ0) is 19.5. The van der Waals surface area contributed by atoms with E-state index in [1.165, 1.54) is 38.4 Å². The van der Waals surface area contributed by atoms with Gasteiger partial charge in [0.25, 0.3) is 0 Å². The summed E-state index contributed by atoms with van der Waals surface area (Å²) in [5, 5.41) is 5.44. The van der Waals surface area contributed by atoms with Gasteiger partial charge in [0.2, 0.25) is 15.9 Å². The van der Waals surface area contributed by atoms with E-state index in [0.717, 1.165) is 4.31 Å². The average Bonchev–Trinajstić information content (AvgIpc) is 2.58. The van der Waals surface area contributed by atoms with E-state index in [4.69, 9.17) is 0 Å². The van der Waals surface area contributed by atoms with Crippen molar-refractivity contribution in [3.63, 3.8) is 0 Å². The molecule has 6 nitrogen and oxygen atoms in total. The van der Waals surface area contributed by atoms with Crippen molar-refractivity contribution in [2.24, 2.45) is 0 Å². The van der Waals surface area contributed by atoms with Gasteiger partial charge in [0.15, 0.2) is 0 Å². The molecule has 0 aliphatic heterocycles. The van der Waals surface area contributed by atoms with Gasteiger partial charge in [-0.15, -0.1) is 0 Å². The van der Waals surface area contributed by atoms with Crippen LogP contribution < -0.4 is 10.6 Å². The molecule has 1 atom stereocenters. The number of carbonyl (C=O) groups excluding carboxylic acids is 1. The highest BCUT2D eigenvalue weighted by Gasteiger charge is 2.21. The van der Waals surface area contributed by atoms with Crippen LogP contribution in [0.15, 0.2) is 47.4 Å². The van der Waals surface area contributed by atoms with Crippen molar-refractivity contribution in [1.82, 2.24) is 4.31 Å². The van der Waals surface area contributed by atoms with Crippen molar-refractivity contribution in [2.45, 2.75) is 24.8 Å². The lowest BCUT2D eigenvalue weighted by Crippen LogP contribution is -2.32. The van der Waals surface area contributed by atoms with Crippen LogP contribution in [0.4, 0.5) is 15.8 Å². The van der Waals surface area contributed by atoms with Gasteiger partial charge in [-0.25, -0.2) is 17.1 Å². The molecule has 1 amide bonds. The lowest BCUT2D eigenvalue weighted by atomic mass is 10.2. The Kier molecular flexibility index (Phi) is 5.99. The third-order valence-corrected chi connectivity index (χ3v) is 5.81. The van der Waals surface area contributed by atoms with E-state index in [0.29, 0.717) is 11.3 Å². The number of para-hydroxylation sites is 1. The fraction of sp³-hybridized carbons (Fsp3) is 0.278. The number of anilines is 2. The number of nitrogens with one attached hydrogen (secondary N) is 2. The van der Waals surface area contributed by atoms with Crippen LogP contribution in [0.25, 0.3) is 0 Å². The number of halogens is 1. The van der Waals surface area contributed by atoms with E-state index in [2.05, 4.69) is 10.6 Å². The molecule has 0 unspecified atom stereocenters. The minimum atomic E-state index is -3.60. The molecule has 8 heteroatoms. The molecule has 0 saturated carbocycles. The Hall–Kier alpha value is -2.45. The van der Waals surface area contributed by atoms with Crippen molar-refractivity contribution in [1.29, 1.82) is 0 Å².